The number of nitrogens with one attached hydrogen (secondary N) is 2. The summed E-state index contributed by atoms with van der Waals surface area (Å²) in [5.41, 5.74) is 4.20. The number of amides is 2. The molecule has 0 spiro atoms. The maximum Gasteiger partial charge on any atom is 0.344 e. The van der Waals surface area contributed by atoms with Crippen LogP contribution in [0.1, 0.15) is 15.9 Å². The predicted octanol–water partition coefficient (Wildman–Crippen LogP) is 1.08. The molecule has 0 aliphatic carbocycles. The van der Waals surface area contributed by atoms with E-state index in [0.717, 1.165) is 6.07 Å². The molecule has 0 saturated carbocycles. The van der Waals surface area contributed by atoms with Gasteiger partial charge in [0.2, 0.25) is 0 Å². The van der Waals surface area contributed by atoms with Crippen molar-refractivity contribution in [1.29, 1.82) is 5.26 Å². The van der Waals surface area contributed by atoms with Gasteiger partial charge in [0.25, 0.3) is 11.8 Å². The van der Waals surface area contributed by atoms with Gasteiger partial charge in [0.05, 0.1) is 17.2 Å². The number of benzene rings is 2. The van der Waals surface area contributed by atoms with Gasteiger partial charge in [-0.15, -0.1) is 0 Å². The maximum atomic E-state index is 13.4. The van der Waals surface area contributed by atoms with Crippen LogP contribution in [0.15, 0.2) is 48.5 Å². The minimum atomic E-state index is -0.850. The van der Waals surface area contributed by atoms with Gasteiger partial charge >= 0.3 is 5.97 Å². The third-order valence-electron chi connectivity index (χ3n) is 3.14. The predicted molar refractivity (Wildman–Crippen MR) is 89.6 cm³/mol. The number of rotatable bonds is 6. The SMILES string of the molecule is N#Cc1ccc(OCC(=O)OCC(=O)NNC(=O)c2ccccc2F)cc1. The fraction of sp³-hybridized carbons (Fsp3) is 0.111. The monoisotopic (exact) mass is 371 g/mol. The molecule has 2 N–H and O–H groups in total. The van der Waals surface area contributed by atoms with Gasteiger partial charge < -0.3 is 9.47 Å². The molecule has 0 fully saturated rings. The Morgan fingerprint density at radius 2 is 1.70 bits per heavy atom. The normalized spacial score (nSPS) is 9.63. The molecular weight excluding hydrogens is 357 g/mol. The van der Waals surface area contributed by atoms with E-state index in [-0.39, 0.29) is 5.56 Å². The zero-order chi connectivity index (χ0) is 19.6. The Labute approximate surface area is 153 Å². The molecule has 0 heterocycles. The van der Waals surface area contributed by atoms with E-state index >= 15 is 0 Å². The number of ether oxygens (including phenoxy) is 2. The number of hydrogen-bond acceptors (Lipinski definition) is 6. The zero-order valence-corrected chi connectivity index (χ0v) is 13.9. The molecule has 0 aromatic heterocycles. The van der Waals surface area contributed by atoms with Crippen molar-refractivity contribution in [3.05, 3.63) is 65.5 Å². The fourth-order valence-corrected chi connectivity index (χ4v) is 1.83. The number of carbonyl (C=O) groups excluding carboxylic acids is 3. The van der Waals surface area contributed by atoms with Gasteiger partial charge in [-0.05, 0) is 36.4 Å². The average Bonchev–Trinajstić information content (AvgIpc) is 2.69. The molecule has 27 heavy (non-hydrogen) atoms. The van der Waals surface area contributed by atoms with Crippen molar-refractivity contribution < 1.29 is 28.2 Å². The second kappa shape index (κ2) is 9.53. The third-order valence-corrected chi connectivity index (χ3v) is 3.14. The first kappa shape index (κ1) is 19.4. The first-order valence-electron chi connectivity index (χ1n) is 7.62. The zero-order valence-electron chi connectivity index (χ0n) is 13.9. The van der Waals surface area contributed by atoms with E-state index < -0.39 is 36.8 Å². The van der Waals surface area contributed by atoms with E-state index in [2.05, 4.69) is 4.74 Å². The molecular formula is C18H14FN3O5. The molecule has 0 unspecified atom stereocenters. The summed E-state index contributed by atoms with van der Waals surface area (Å²) in [7, 11) is 0. The van der Waals surface area contributed by atoms with Crippen LogP contribution in [-0.2, 0) is 14.3 Å². The first-order valence-corrected chi connectivity index (χ1v) is 7.62. The van der Waals surface area contributed by atoms with Crippen LogP contribution >= 0.6 is 0 Å². The molecule has 2 aromatic rings. The lowest BCUT2D eigenvalue weighted by atomic mass is 10.2. The topological polar surface area (TPSA) is 118 Å². The van der Waals surface area contributed by atoms with E-state index in [9.17, 15) is 18.8 Å². The number of halogens is 1. The second-order valence-electron chi connectivity index (χ2n) is 5.07. The third kappa shape index (κ3) is 6.13. The maximum absolute atomic E-state index is 13.4. The molecule has 0 saturated heterocycles. The van der Waals surface area contributed by atoms with Crippen LogP contribution in [0, 0.1) is 17.1 Å². The highest BCUT2D eigenvalue weighted by atomic mass is 19.1. The summed E-state index contributed by atoms with van der Waals surface area (Å²) >= 11 is 0. The lowest BCUT2D eigenvalue weighted by Crippen LogP contribution is -2.44. The molecule has 0 aliphatic rings. The Morgan fingerprint density at radius 3 is 2.37 bits per heavy atom. The highest BCUT2D eigenvalue weighted by Crippen LogP contribution is 2.11. The van der Waals surface area contributed by atoms with Crippen molar-refractivity contribution in [3.63, 3.8) is 0 Å². The fourth-order valence-electron chi connectivity index (χ4n) is 1.83. The largest absolute Gasteiger partial charge is 0.482 e. The van der Waals surface area contributed by atoms with Gasteiger partial charge in [-0.2, -0.15) is 5.26 Å². The van der Waals surface area contributed by atoms with E-state index in [4.69, 9.17) is 10.00 Å². The molecule has 2 amide bonds. The van der Waals surface area contributed by atoms with E-state index in [1.54, 1.807) is 0 Å². The van der Waals surface area contributed by atoms with Crippen molar-refractivity contribution >= 4 is 17.8 Å². The highest BCUT2D eigenvalue weighted by molar-refractivity contribution is 5.95. The summed E-state index contributed by atoms with van der Waals surface area (Å²) < 4.78 is 23.2. The minimum absolute atomic E-state index is 0.245. The second-order valence-corrected chi connectivity index (χ2v) is 5.07. The summed E-state index contributed by atoms with van der Waals surface area (Å²) in [4.78, 5) is 34.8. The standard InChI is InChI=1S/C18H14FN3O5/c19-15-4-2-1-3-14(15)18(25)22-21-16(23)10-27-17(24)11-26-13-7-5-12(9-20)6-8-13/h1-8H,10-11H2,(H,21,23)(H,22,25). The van der Waals surface area contributed by atoms with Crippen molar-refractivity contribution in [1.82, 2.24) is 10.9 Å². The first-order chi connectivity index (χ1) is 13.0. The quantitative estimate of drug-likeness (QED) is 0.580. The van der Waals surface area contributed by atoms with E-state index in [1.165, 1.54) is 42.5 Å². The Balaban J connectivity index is 1.68. The van der Waals surface area contributed by atoms with Crippen LogP contribution < -0.4 is 15.6 Å². The van der Waals surface area contributed by atoms with Crippen LogP contribution in [-0.4, -0.2) is 31.0 Å². The van der Waals surface area contributed by atoms with Gasteiger partial charge in [0.15, 0.2) is 13.2 Å². The Hall–Kier alpha value is -3.93. The number of hydrazine groups is 1. The lowest BCUT2D eigenvalue weighted by Gasteiger charge is -2.09. The summed E-state index contributed by atoms with van der Waals surface area (Å²) in [6.45, 7) is -1.10. The summed E-state index contributed by atoms with van der Waals surface area (Å²) in [5, 5.41) is 8.68. The Morgan fingerprint density at radius 1 is 1.00 bits per heavy atom. The highest BCUT2D eigenvalue weighted by Gasteiger charge is 2.13. The molecule has 2 aromatic carbocycles. The molecule has 138 valence electrons. The van der Waals surface area contributed by atoms with Crippen LogP contribution in [0.4, 0.5) is 4.39 Å². The number of hydrogen-bond donors (Lipinski definition) is 2. The van der Waals surface area contributed by atoms with Crippen LogP contribution in [0.3, 0.4) is 0 Å². The minimum Gasteiger partial charge on any atom is -0.482 e. The molecule has 0 aliphatic heterocycles. The molecule has 8 nitrogen and oxygen atoms in total. The molecule has 0 atom stereocenters. The van der Waals surface area contributed by atoms with Crippen LogP contribution in [0.2, 0.25) is 0 Å². The number of carbonyl (C=O) groups is 3. The van der Waals surface area contributed by atoms with Gasteiger partial charge in [-0.1, -0.05) is 12.1 Å². The average molecular weight is 371 g/mol. The van der Waals surface area contributed by atoms with Gasteiger partial charge in [0, 0.05) is 0 Å². The van der Waals surface area contributed by atoms with Gasteiger partial charge in [0.1, 0.15) is 11.6 Å². The Bertz CT molecular complexity index is 877. The van der Waals surface area contributed by atoms with Crippen molar-refractivity contribution in [2.45, 2.75) is 0 Å². The lowest BCUT2D eigenvalue weighted by molar-refractivity contribution is -0.150. The van der Waals surface area contributed by atoms with E-state index in [1.807, 2.05) is 16.9 Å². The van der Waals surface area contributed by atoms with Crippen molar-refractivity contribution in [2.75, 3.05) is 13.2 Å². The molecule has 2 rings (SSSR count). The molecule has 9 heteroatoms. The summed E-state index contributed by atoms with van der Waals surface area (Å²) in [5.74, 6) is -2.86. The Kier molecular flexibility index (Phi) is 6.84. The van der Waals surface area contributed by atoms with Gasteiger partial charge in [-0.3, -0.25) is 20.4 Å². The number of nitrogens with zero attached hydrogens (tertiary/aromatic N) is 1. The molecule has 0 radical (unpaired) electrons. The summed E-state index contributed by atoms with van der Waals surface area (Å²) in [6.07, 6.45) is 0. The molecule has 0 bridgehead atoms. The summed E-state index contributed by atoms with van der Waals surface area (Å²) in [6, 6.07) is 13.2. The van der Waals surface area contributed by atoms with Crippen LogP contribution in [0.5, 0.6) is 5.75 Å². The van der Waals surface area contributed by atoms with Crippen molar-refractivity contribution in [2.24, 2.45) is 0 Å². The van der Waals surface area contributed by atoms with Gasteiger partial charge in [-0.25, -0.2) is 9.18 Å². The van der Waals surface area contributed by atoms with Crippen LogP contribution in [0.25, 0.3) is 0 Å². The van der Waals surface area contributed by atoms with Crippen molar-refractivity contribution in [3.8, 4) is 11.8 Å². The number of esters is 1. The number of nitriles is 1. The smallest absolute Gasteiger partial charge is 0.344 e. The van der Waals surface area contributed by atoms with E-state index in [0.29, 0.717) is 11.3 Å².